The lowest BCUT2D eigenvalue weighted by molar-refractivity contribution is 0.789. The van der Waals surface area contributed by atoms with Crippen molar-refractivity contribution < 1.29 is 0 Å². The van der Waals surface area contributed by atoms with Gasteiger partial charge < -0.3 is 5.32 Å². The molecule has 70 valence electrons. The number of aliphatic imine (C=N–C) groups is 1. The maximum Gasteiger partial charge on any atom is 0.103 e. The Kier molecular flexibility index (Phi) is 5.43. The second kappa shape index (κ2) is 5.81. The summed E-state index contributed by atoms with van der Waals surface area (Å²) in [5.41, 5.74) is 0. The van der Waals surface area contributed by atoms with Gasteiger partial charge in [0, 0.05) is 12.1 Å². The first-order valence-corrected chi connectivity index (χ1v) is 4.71. The van der Waals surface area contributed by atoms with Gasteiger partial charge in [-0.3, -0.25) is 4.99 Å². The number of hydrogen-bond acceptors (Lipinski definition) is 2. The molecule has 1 unspecified atom stereocenters. The number of nitrogens with one attached hydrogen (secondary N) is 1. The molecule has 1 atom stereocenters. The standard InChI is InChI=1S/C8H14N2.C2H6/c1-6(2)8-9-5-4-7(3)10-8;1-2/h4-7H,1-3H3,(H,9,10);1-2H3. The molecule has 0 aromatic rings. The predicted molar refractivity (Wildman–Crippen MR) is 55.4 cm³/mol. The van der Waals surface area contributed by atoms with E-state index in [-0.39, 0.29) is 0 Å². The van der Waals surface area contributed by atoms with Crippen molar-refractivity contribution in [2.75, 3.05) is 0 Å². The number of rotatable bonds is 1. The highest BCUT2D eigenvalue weighted by atomic mass is 15.0. The van der Waals surface area contributed by atoms with Crippen molar-refractivity contribution in [2.45, 2.75) is 40.7 Å². The molecule has 0 spiro atoms. The summed E-state index contributed by atoms with van der Waals surface area (Å²) in [6.07, 6.45) is 4.01. The van der Waals surface area contributed by atoms with Crippen LogP contribution >= 0.6 is 0 Å². The van der Waals surface area contributed by atoms with E-state index in [1.54, 1.807) is 0 Å². The molecule has 1 aliphatic heterocycles. The molecule has 0 aromatic carbocycles. The van der Waals surface area contributed by atoms with E-state index in [1.165, 1.54) is 0 Å². The van der Waals surface area contributed by atoms with Crippen LogP contribution in [0.3, 0.4) is 0 Å². The van der Waals surface area contributed by atoms with E-state index in [0.29, 0.717) is 12.0 Å². The van der Waals surface area contributed by atoms with Crippen LogP contribution in [0.2, 0.25) is 0 Å². The third-order valence-corrected chi connectivity index (χ3v) is 1.50. The summed E-state index contributed by atoms with van der Waals surface area (Å²) in [5.74, 6) is 1.60. The van der Waals surface area contributed by atoms with Gasteiger partial charge >= 0.3 is 0 Å². The van der Waals surface area contributed by atoms with Gasteiger partial charge in [0.15, 0.2) is 0 Å². The smallest absolute Gasteiger partial charge is 0.103 e. The number of amidine groups is 1. The molecule has 1 heterocycles. The van der Waals surface area contributed by atoms with Crippen LogP contribution in [0.25, 0.3) is 0 Å². The van der Waals surface area contributed by atoms with Gasteiger partial charge in [-0.05, 0) is 13.0 Å². The molecule has 0 bridgehead atoms. The van der Waals surface area contributed by atoms with Crippen LogP contribution in [-0.2, 0) is 0 Å². The molecule has 0 radical (unpaired) electrons. The molecule has 0 amide bonds. The quantitative estimate of drug-likeness (QED) is 0.639. The third kappa shape index (κ3) is 3.56. The van der Waals surface area contributed by atoms with Crippen LogP contribution < -0.4 is 5.32 Å². The largest absolute Gasteiger partial charge is 0.350 e. The normalized spacial score (nSPS) is 20.8. The molecular weight excluding hydrogens is 148 g/mol. The van der Waals surface area contributed by atoms with Gasteiger partial charge in [-0.25, -0.2) is 0 Å². The first-order chi connectivity index (χ1) is 5.70. The van der Waals surface area contributed by atoms with Crippen LogP contribution in [-0.4, -0.2) is 11.9 Å². The van der Waals surface area contributed by atoms with Gasteiger partial charge in [0.05, 0.1) is 6.04 Å². The Bertz CT molecular complexity index is 169. The average molecular weight is 168 g/mol. The molecule has 2 nitrogen and oxygen atoms in total. The fourth-order valence-electron chi connectivity index (χ4n) is 0.888. The molecule has 1 N–H and O–H groups in total. The van der Waals surface area contributed by atoms with E-state index >= 15 is 0 Å². The molecule has 1 aliphatic rings. The Hall–Kier alpha value is -0.790. The van der Waals surface area contributed by atoms with Gasteiger partial charge in [-0.2, -0.15) is 0 Å². The molecular formula is C10H20N2. The number of nitrogens with zero attached hydrogens (tertiary/aromatic N) is 1. The van der Waals surface area contributed by atoms with Gasteiger partial charge in [-0.1, -0.05) is 27.7 Å². The molecule has 0 aromatic heterocycles. The van der Waals surface area contributed by atoms with Crippen molar-refractivity contribution in [2.24, 2.45) is 10.9 Å². The molecule has 0 fully saturated rings. The second-order valence-electron chi connectivity index (χ2n) is 2.91. The zero-order valence-electron chi connectivity index (χ0n) is 8.76. The third-order valence-electron chi connectivity index (χ3n) is 1.50. The lowest BCUT2D eigenvalue weighted by atomic mass is 10.1. The average Bonchev–Trinajstić information content (AvgIpc) is 2.08. The monoisotopic (exact) mass is 168 g/mol. The van der Waals surface area contributed by atoms with Crippen molar-refractivity contribution in [1.82, 2.24) is 5.32 Å². The van der Waals surface area contributed by atoms with Crippen LogP contribution in [0.15, 0.2) is 17.3 Å². The summed E-state index contributed by atoms with van der Waals surface area (Å²) in [6, 6.07) is 0.346. The maximum absolute atomic E-state index is 4.40. The summed E-state index contributed by atoms with van der Waals surface area (Å²) in [6.45, 7) is 10.4. The zero-order chi connectivity index (χ0) is 9.56. The minimum Gasteiger partial charge on any atom is -0.350 e. The SMILES string of the molecule is CC.CC1C=CNC(C(C)C)=N1. The summed E-state index contributed by atoms with van der Waals surface area (Å²) in [7, 11) is 0. The summed E-state index contributed by atoms with van der Waals surface area (Å²) < 4.78 is 0. The lowest BCUT2D eigenvalue weighted by Crippen LogP contribution is -2.27. The Morgan fingerprint density at radius 3 is 2.33 bits per heavy atom. The topological polar surface area (TPSA) is 24.4 Å². The van der Waals surface area contributed by atoms with Crippen molar-refractivity contribution in [3.63, 3.8) is 0 Å². The Morgan fingerprint density at radius 1 is 1.42 bits per heavy atom. The first-order valence-electron chi connectivity index (χ1n) is 4.71. The van der Waals surface area contributed by atoms with Crippen molar-refractivity contribution >= 4 is 5.84 Å². The van der Waals surface area contributed by atoms with Gasteiger partial charge in [0.25, 0.3) is 0 Å². The fourth-order valence-corrected chi connectivity index (χ4v) is 0.888. The Morgan fingerprint density at radius 2 is 2.00 bits per heavy atom. The minimum absolute atomic E-state index is 0.346. The summed E-state index contributed by atoms with van der Waals surface area (Å²) >= 11 is 0. The summed E-state index contributed by atoms with van der Waals surface area (Å²) in [4.78, 5) is 4.40. The molecule has 12 heavy (non-hydrogen) atoms. The Balaban J connectivity index is 0.000000561. The molecule has 1 rings (SSSR count). The van der Waals surface area contributed by atoms with E-state index in [1.807, 2.05) is 26.1 Å². The maximum atomic E-state index is 4.40. The predicted octanol–water partition coefficient (Wildman–Crippen LogP) is 2.57. The van der Waals surface area contributed by atoms with Gasteiger partial charge in [0.1, 0.15) is 5.84 Å². The van der Waals surface area contributed by atoms with Gasteiger partial charge in [-0.15, -0.1) is 0 Å². The van der Waals surface area contributed by atoms with Crippen molar-refractivity contribution in [3.8, 4) is 0 Å². The summed E-state index contributed by atoms with van der Waals surface area (Å²) in [5, 5.41) is 3.12. The van der Waals surface area contributed by atoms with Crippen LogP contribution in [0, 0.1) is 5.92 Å². The van der Waals surface area contributed by atoms with E-state index in [9.17, 15) is 0 Å². The van der Waals surface area contributed by atoms with Crippen molar-refractivity contribution in [3.05, 3.63) is 12.3 Å². The lowest BCUT2D eigenvalue weighted by Gasteiger charge is -2.15. The molecule has 0 saturated carbocycles. The highest BCUT2D eigenvalue weighted by Gasteiger charge is 2.07. The second-order valence-corrected chi connectivity index (χ2v) is 2.91. The first kappa shape index (κ1) is 11.2. The van der Waals surface area contributed by atoms with Crippen molar-refractivity contribution in [1.29, 1.82) is 0 Å². The van der Waals surface area contributed by atoms with Gasteiger partial charge in [0.2, 0.25) is 0 Å². The molecule has 0 aliphatic carbocycles. The van der Waals surface area contributed by atoms with Crippen LogP contribution in [0.4, 0.5) is 0 Å². The van der Waals surface area contributed by atoms with Crippen LogP contribution in [0.5, 0.6) is 0 Å². The zero-order valence-corrected chi connectivity index (χ0v) is 8.76. The fraction of sp³-hybridized carbons (Fsp3) is 0.700. The van der Waals surface area contributed by atoms with E-state index in [4.69, 9.17) is 0 Å². The minimum atomic E-state index is 0.346. The number of hydrogen-bond donors (Lipinski definition) is 1. The Labute approximate surface area is 75.8 Å². The molecule has 2 heteroatoms. The highest BCUT2D eigenvalue weighted by molar-refractivity contribution is 5.85. The van der Waals surface area contributed by atoms with Crippen LogP contribution in [0.1, 0.15) is 34.6 Å². The van der Waals surface area contributed by atoms with E-state index in [2.05, 4.69) is 31.1 Å². The van der Waals surface area contributed by atoms with E-state index in [0.717, 1.165) is 5.84 Å². The highest BCUT2D eigenvalue weighted by Crippen LogP contribution is 2.03. The van der Waals surface area contributed by atoms with E-state index < -0.39 is 0 Å². The molecule has 0 saturated heterocycles.